The maximum absolute atomic E-state index is 11.7. The summed E-state index contributed by atoms with van der Waals surface area (Å²) in [4.78, 5) is 11.7. The van der Waals surface area contributed by atoms with Crippen LogP contribution in [0.25, 0.3) is 10.8 Å². The van der Waals surface area contributed by atoms with Crippen molar-refractivity contribution in [3.8, 4) is 5.75 Å². The fraction of sp³-hybridized carbons (Fsp3) is 0.312. The third-order valence-corrected chi connectivity index (χ3v) is 3.30. The molecule has 0 bridgehead atoms. The quantitative estimate of drug-likeness (QED) is 0.774. The number of halogens is 1. The van der Waals surface area contributed by atoms with E-state index in [0.717, 1.165) is 17.2 Å². The lowest BCUT2D eigenvalue weighted by Gasteiger charge is -2.15. The molecule has 0 N–H and O–H groups in total. The van der Waals surface area contributed by atoms with Gasteiger partial charge in [0.2, 0.25) is 0 Å². The summed E-state index contributed by atoms with van der Waals surface area (Å²) < 4.78 is 10.7. The lowest BCUT2D eigenvalue weighted by molar-refractivity contribution is -0.151. The molecule has 0 aliphatic carbocycles. The van der Waals surface area contributed by atoms with E-state index in [9.17, 15) is 4.79 Å². The third kappa shape index (κ3) is 3.23. The van der Waals surface area contributed by atoms with Gasteiger partial charge in [-0.1, -0.05) is 48.9 Å². The van der Waals surface area contributed by atoms with Crippen LogP contribution in [0.15, 0.2) is 36.4 Å². The minimum Gasteiger partial charge on any atom is -0.477 e. The topological polar surface area (TPSA) is 35.5 Å². The Hall–Kier alpha value is -1.74. The van der Waals surface area contributed by atoms with Gasteiger partial charge in [0.05, 0.1) is 11.6 Å². The second-order valence-corrected chi connectivity index (χ2v) is 4.90. The zero-order valence-electron chi connectivity index (χ0n) is 11.6. The molecule has 0 amide bonds. The lowest BCUT2D eigenvalue weighted by Crippen LogP contribution is -2.26. The van der Waals surface area contributed by atoms with Crippen LogP contribution in [0.4, 0.5) is 0 Å². The molecule has 0 saturated carbocycles. The molecule has 0 spiro atoms. The maximum atomic E-state index is 11.7. The lowest BCUT2D eigenvalue weighted by atomic mass is 10.1. The highest BCUT2D eigenvalue weighted by molar-refractivity contribution is 6.37. The first-order chi connectivity index (χ1) is 9.63. The highest BCUT2D eigenvalue weighted by Crippen LogP contribution is 2.33. The Bertz CT molecular complexity index is 610. The van der Waals surface area contributed by atoms with E-state index < -0.39 is 6.10 Å². The van der Waals surface area contributed by atoms with Crippen molar-refractivity contribution in [1.82, 2.24) is 0 Å². The molecule has 106 valence electrons. The molecule has 20 heavy (non-hydrogen) atoms. The van der Waals surface area contributed by atoms with Gasteiger partial charge in [0.25, 0.3) is 0 Å². The fourth-order valence-electron chi connectivity index (χ4n) is 1.86. The normalized spacial score (nSPS) is 12.2. The second-order valence-electron chi connectivity index (χ2n) is 4.53. The fourth-order valence-corrected chi connectivity index (χ4v) is 2.14. The summed E-state index contributed by atoms with van der Waals surface area (Å²) in [6.45, 7) is 4.00. The number of rotatable bonds is 5. The van der Waals surface area contributed by atoms with Gasteiger partial charge in [-0.15, -0.1) is 0 Å². The van der Waals surface area contributed by atoms with Gasteiger partial charge >= 0.3 is 5.97 Å². The minimum atomic E-state index is -0.680. The molecule has 2 rings (SSSR count). The van der Waals surface area contributed by atoms with Crippen LogP contribution < -0.4 is 4.74 Å². The predicted octanol–water partition coefficient (Wildman–Crippen LogP) is 4.21. The standard InChI is InChI=1S/C16H17ClO3/c1-3-10-19-16(18)11(2)20-14-9-8-12-6-4-5-7-13(12)15(14)17/h4-9,11H,3,10H2,1-2H3. The zero-order valence-corrected chi connectivity index (χ0v) is 12.3. The Kier molecular flexibility index (Phi) is 4.85. The van der Waals surface area contributed by atoms with Gasteiger partial charge in [-0.25, -0.2) is 4.79 Å². The highest BCUT2D eigenvalue weighted by atomic mass is 35.5. The van der Waals surface area contributed by atoms with Gasteiger partial charge in [-0.2, -0.15) is 0 Å². The van der Waals surface area contributed by atoms with E-state index in [1.165, 1.54) is 0 Å². The predicted molar refractivity (Wildman–Crippen MR) is 80.3 cm³/mol. The largest absolute Gasteiger partial charge is 0.477 e. The molecule has 0 aromatic heterocycles. The van der Waals surface area contributed by atoms with Crippen LogP contribution in [-0.2, 0) is 9.53 Å². The monoisotopic (exact) mass is 292 g/mol. The van der Waals surface area contributed by atoms with Crippen molar-refractivity contribution in [1.29, 1.82) is 0 Å². The molecule has 3 nitrogen and oxygen atoms in total. The number of fused-ring (bicyclic) bond motifs is 1. The van der Waals surface area contributed by atoms with E-state index >= 15 is 0 Å². The zero-order chi connectivity index (χ0) is 14.5. The molecule has 0 aliphatic rings. The second kappa shape index (κ2) is 6.62. The van der Waals surface area contributed by atoms with E-state index in [-0.39, 0.29) is 5.97 Å². The Morgan fingerprint density at radius 3 is 2.75 bits per heavy atom. The molecular formula is C16H17ClO3. The summed E-state index contributed by atoms with van der Waals surface area (Å²) in [7, 11) is 0. The number of esters is 1. The molecule has 2 aromatic carbocycles. The first-order valence-corrected chi connectivity index (χ1v) is 7.01. The summed E-state index contributed by atoms with van der Waals surface area (Å²) in [5.74, 6) is 0.113. The smallest absolute Gasteiger partial charge is 0.347 e. The molecule has 0 aliphatic heterocycles. The summed E-state index contributed by atoms with van der Waals surface area (Å²) >= 11 is 6.32. The van der Waals surface area contributed by atoms with Gasteiger partial charge < -0.3 is 9.47 Å². The van der Waals surface area contributed by atoms with Crippen molar-refractivity contribution in [3.63, 3.8) is 0 Å². The minimum absolute atomic E-state index is 0.379. The SMILES string of the molecule is CCCOC(=O)C(C)Oc1ccc2ccccc2c1Cl. The molecule has 1 unspecified atom stereocenters. The van der Waals surface area contributed by atoms with Crippen LogP contribution in [-0.4, -0.2) is 18.7 Å². The number of hydrogen-bond donors (Lipinski definition) is 0. The number of ether oxygens (including phenoxy) is 2. The van der Waals surface area contributed by atoms with Gasteiger partial charge in [0.15, 0.2) is 6.10 Å². The molecule has 1 atom stereocenters. The van der Waals surface area contributed by atoms with Crippen LogP contribution >= 0.6 is 11.6 Å². The summed E-state index contributed by atoms with van der Waals surface area (Å²) in [6.07, 6.45) is 0.107. The molecule has 0 fully saturated rings. The van der Waals surface area contributed by atoms with Crippen LogP contribution in [0.2, 0.25) is 5.02 Å². The average molecular weight is 293 g/mol. The van der Waals surface area contributed by atoms with Crippen molar-refractivity contribution in [3.05, 3.63) is 41.4 Å². The first kappa shape index (κ1) is 14.7. The molecule has 0 radical (unpaired) electrons. The third-order valence-electron chi connectivity index (χ3n) is 2.91. The van der Waals surface area contributed by atoms with Crippen molar-refractivity contribution >= 4 is 28.3 Å². The average Bonchev–Trinajstić information content (AvgIpc) is 2.47. The van der Waals surface area contributed by atoms with E-state index in [1.807, 2.05) is 37.3 Å². The highest BCUT2D eigenvalue weighted by Gasteiger charge is 2.18. The molecule has 4 heteroatoms. The molecule has 2 aromatic rings. The van der Waals surface area contributed by atoms with E-state index in [4.69, 9.17) is 21.1 Å². The molecule has 0 saturated heterocycles. The number of benzene rings is 2. The van der Waals surface area contributed by atoms with Gasteiger partial charge in [0.1, 0.15) is 5.75 Å². The van der Waals surface area contributed by atoms with Gasteiger partial charge in [0, 0.05) is 5.39 Å². The summed E-state index contributed by atoms with van der Waals surface area (Å²) in [5, 5.41) is 2.45. The maximum Gasteiger partial charge on any atom is 0.347 e. The van der Waals surface area contributed by atoms with E-state index in [1.54, 1.807) is 13.0 Å². The first-order valence-electron chi connectivity index (χ1n) is 6.64. The molecule has 0 heterocycles. The van der Waals surface area contributed by atoms with Crippen LogP contribution in [0.3, 0.4) is 0 Å². The van der Waals surface area contributed by atoms with Crippen molar-refractivity contribution < 1.29 is 14.3 Å². The van der Waals surface area contributed by atoms with Gasteiger partial charge in [-0.3, -0.25) is 0 Å². The van der Waals surface area contributed by atoms with Crippen molar-refractivity contribution in [2.75, 3.05) is 6.61 Å². The van der Waals surface area contributed by atoms with Crippen LogP contribution in [0, 0.1) is 0 Å². The Morgan fingerprint density at radius 2 is 2.00 bits per heavy atom. The van der Waals surface area contributed by atoms with Crippen LogP contribution in [0.5, 0.6) is 5.75 Å². The number of carbonyl (C=O) groups excluding carboxylic acids is 1. The molecular weight excluding hydrogens is 276 g/mol. The Balaban J connectivity index is 2.17. The van der Waals surface area contributed by atoms with Crippen molar-refractivity contribution in [2.45, 2.75) is 26.4 Å². The summed E-state index contributed by atoms with van der Waals surface area (Å²) in [6, 6.07) is 11.4. The van der Waals surface area contributed by atoms with Crippen molar-refractivity contribution in [2.24, 2.45) is 0 Å². The summed E-state index contributed by atoms with van der Waals surface area (Å²) in [5.41, 5.74) is 0. The van der Waals surface area contributed by atoms with E-state index in [0.29, 0.717) is 17.4 Å². The van der Waals surface area contributed by atoms with E-state index in [2.05, 4.69) is 0 Å². The van der Waals surface area contributed by atoms with Gasteiger partial charge in [-0.05, 0) is 24.8 Å². The number of hydrogen-bond acceptors (Lipinski definition) is 3. The Morgan fingerprint density at radius 1 is 1.25 bits per heavy atom. The number of carbonyl (C=O) groups is 1. The Labute approximate surface area is 123 Å². The van der Waals surface area contributed by atoms with Crippen LogP contribution in [0.1, 0.15) is 20.3 Å².